The van der Waals surface area contributed by atoms with Gasteiger partial charge in [-0.3, -0.25) is 0 Å². The van der Waals surface area contributed by atoms with Crippen LogP contribution in [0.4, 0.5) is 0 Å². The van der Waals surface area contributed by atoms with Gasteiger partial charge < -0.3 is 9.84 Å². The Hall–Kier alpha value is -0.340. The highest BCUT2D eigenvalue weighted by Crippen LogP contribution is 2.45. The minimum Gasteiger partial charge on any atom is -0.386 e. The number of rotatable bonds is 0. The van der Waals surface area contributed by atoms with Crippen molar-refractivity contribution in [2.75, 3.05) is 0 Å². The van der Waals surface area contributed by atoms with E-state index in [0.717, 1.165) is 12.8 Å². The predicted molar refractivity (Wildman–Crippen MR) is 46.9 cm³/mol. The summed E-state index contributed by atoms with van der Waals surface area (Å²) in [5.74, 6) is 0. The number of aliphatic hydroxyl groups excluding tert-OH is 1. The Bertz CT molecular complexity index is 242. The van der Waals surface area contributed by atoms with Gasteiger partial charge in [-0.25, -0.2) is 0 Å². The van der Waals surface area contributed by atoms with Crippen LogP contribution in [-0.4, -0.2) is 22.4 Å². The van der Waals surface area contributed by atoms with Crippen LogP contribution in [0, 0.1) is 0 Å². The van der Waals surface area contributed by atoms with Crippen molar-refractivity contribution in [1.82, 2.24) is 0 Å². The monoisotopic (exact) mass is 168 g/mol. The van der Waals surface area contributed by atoms with Gasteiger partial charge in [0.25, 0.3) is 0 Å². The van der Waals surface area contributed by atoms with Crippen LogP contribution in [0.2, 0.25) is 0 Å². The summed E-state index contributed by atoms with van der Waals surface area (Å²) in [6, 6.07) is 0. The Morgan fingerprint density at radius 3 is 2.50 bits per heavy atom. The van der Waals surface area contributed by atoms with Crippen LogP contribution in [-0.2, 0) is 4.74 Å². The van der Waals surface area contributed by atoms with Gasteiger partial charge in [0.15, 0.2) is 0 Å². The second-order valence-corrected chi connectivity index (χ2v) is 4.56. The van der Waals surface area contributed by atoms with Gasteiger partial charge in [0, 0.05) is 0 Å². The molecule has 0 aromatic heterocycles. The molecule has 2 atom stereocenters. The summed E-state index contributed by atoms with van der Waals surface area (Å²) in [7, 11) is 0. The molecule has 3 aliphatic rings. The van der Waals surface area contributed by atoms with Crippen molar-refractivity contribution in [1.29, 1.82) is 0 Å². The molecule has 1 N–H and O–H groups in total. The van der Waals surface area contributed by atoms with Crippen LogP contribution in [0.25, 0.3) is 0 Å². The minimum atomic E-state index is -0.408. The number of fused-ring (bicyclic) bond motifs is 3. The Morgan fingerprint density at radius 2 is 2.17 bits per heavy atom. The van der Waals surface area contributed by atoms with Gasteiger partial charge in [-0.05, 0) is 39.2 Å². The van der Waals surface area contributed by atoms with Gasteiger partial charge in [0.05, 0.1) is 11.2 Å². The molecule has 2 nitrogen and oxygen atoms in total. The third-order valence-corrected chi connectivity index (χ3v) is 3.14. The highest BCUT2D eigenvalue weighted by atomic mass is 16.5. The molecule has 0 spiro atoms. The summed E-state index contributed by atoms with van der Waals surface area (Å²) in [6.07, 6.45) is 3.58. The molecule has 2 heteroatoms. The Labute approximate surface area is 73.2 Å². The average molecular weight is 168 g/mol. The molecule has 1 aliphatic carbocycles. The van der Waals surface area contributed by atoms with E-state index in [2.05, 4.69) is 13.8 Å². The van der Waals surface area contributed by atoms with E-state index in [4.69, 9.17) is 4.74 Å². The van der Waals surface area contributed by atoms with Crippen molar-refractivity contribution >= 4 is 0 Å². The van der Waals surface area contributed by atoms with Crippen molar-refractivity contribution in [3.05, 3.63) is 11.6 Å². The molecule has 2 heterocycles. The highest BCUT2D eigenvalue weighted by Gasteiger charge is 2.48. The van der Waals surface area contributed by atoms with Crippen LogP contribution in [0.5, 0.6) is 0 Å². The smallest absolute Gasteiger partial charge is 0.101 e. The van der Waals surface area contributed by atoms with Gasteiger partial charge in [-0.1, -0.05) is 6.08 Å². The summed E-state index contributed by atoms with van der Waals surface area (Å²) in [5, 5.41) is 9.69. The van der Waals surface area contributed by atoms with E-state index < -0.39 is 6.10 Å². The van der Waals surface area contributed by atoms with E-state index in [1.165, 1.54) is 5.57 Å². The van der Waals surface area contributed by atoms with Gasteiger partial charge in [0.1, 0.15) is 6.10 Å². The molecule has 12 heavy (non-hydrogen) atoms. The van der Waals surface area contributed by atoms with Crippen molar-refractivity contribution < 1.29 is 9.84 Å². The molecule has 2 aliphatic heterocycles. The van der Waals surface area contributed by atoms with Gasteiger partial charge in [0.2, 0.25) is 0 Å². The van der Waals surface area contributed by atoms with Crippen LogP contribution >= 0.6 is 0 Å². The lowest BCUT2D eigenvalue weighted by molar-refractivity contribution is -0.189. The quantitative estimate of drug-likeness (QED) is 0.557. The first-order valence-corrected chi connectivity index (χ1v) is 4.53. The van der Waals surface area contributed by atoms with Crippen molar-refractivity contribution in [2.24, 2.45) is 0 Å². The Kier molecular flexibility index (Phi) is 1.46. The Balaban J connectivity index is 2.42. The molecule has 0 aromatic carbocycles. The third kappa shape index (κ3) is 0.947. The summed E-state index contributed by atoms with van der Waals surface area (Å²) in [5.41, 5.74) is 0.746. The Morgan fingerprint density at radius 1 is 1.50 bits per heavy atom. The van der Waals surface area contributed by atoms with Crippen molar-refractivity contribution in [3.8, 4) is 0 Å². The van der Waals surface area contributed by atoms with Crippen molar-refractivity contribution in [2.45, 2.75) is 50.9 Å². The van der Waals surface area contributed by atoms with E-state index in [0.29, 0.717) is 0 Å². The fourth-order valence-electron chi connectivity index (χ4n) is 2.24. The first-order chi connectivity index (χ1) is 5.44. The van der Waals surface area contributed by atoms with Crippen molar-refractivity contribution in [3.63, 3.8) is 0 Å². The van der Waals surface area contributed by atoms with E-state index in [9.17, 15) is 5.11 Å². The molecular formula is C10H16O2. The van der Waals surface area contributed by atoms with E-state index >= 15 is 0 Å². The molecule has 0 saturated carbocycles. The third-order valence-electron chi connectivity index (χ3n) is 3.14. The number of hydrogen-bond acceptors (Lipinski definition) is 2. The first kappa shape index (κ1) is 8.27. The van der Waals surface area contributed by atoms with Gasteiger partial charge in [-0.15, -0.1) is 0 Å². The molecule has 68 valence electrons. The summed E-state index contributed by atoms with van der Waals surface area (Å²) in [4.78, 5) is 0. The minimum absolute atomic E-state index is 0.160. The maximum absolute atomic E-state index is 9.69. The van der Waals surface area contributed by atoms with Gasteiger partial charge >= 0.3 is 0 Å². The lowest BCUT2D eigenvalue weighted by Crippen LogP contribution is -2.55. The zero-order valence-electron chi connectivity index (χ0n) is 7.92. The molecule has 1 saturated heterocycles. The fraction of sp³-hybridized carbons (Fsp3) is 0.800. The van der Waals surface area contributed by atoms with Gasteiger partial charge in [-0.2, -0.15) is 0 Å². The summed E-state index contributed by atoms with van der Waals surface area (Å²) < 4.78 is 5.85. The second kappa shape index (κ2) is 2.12. The topological polar surface area (TPSA) is 29.5 Å². The van der Waals surface area contributed by atoms with E-state index in [1.54, 1.807) is 0 Å². The van der Waals surface area contributed by atoms with Crippen LogP contribution in [0.1, 0.15) is 33.6 Å². The molecule has 3 rings (SSSR count). The number of hydrogen-bond donors (Lipinski definition) is 1. The second-order valence-electron chi connectivity index (χ2n) is 4.56. The number of aliphatic hydroxyl groups is 1. The molecule has 1 fully saturated rings. The van der Waals surface area contributed by atoms with Crippen LogP contribution < -0.4 is 0 Å². The standard InChI is InChI=1S/C10H16O2/c1-9(2)7-4-5-10(3,12-9)8(11)6-7/h6,8,11H,4-5H2,1-3H3. The maximum Gasteiger partial charge on any atom is 0.101 e. The highest BCUT2D eigenvalue weighted by molar-refractivity contribution is 5.27. The molecule has 0 radical (unpaired) electrons. The molecule has 0 aromatic rings. The fourth-order valence-corrected chi connectivity index (χ4v) is 2.24. The van der Waals surface area contributed by atoms with E-state index in [-0.39, 0.29) is 11.2 Å². The summed E-state index contributed by atoms with van der Waals surface area (Å²) >= 11 is 0. The molecule has 2 unspecified atom stereocenters. The van der Waals surface area contributed by atoms with Crippen LogP contribution in [0.3, 0.4) is 0 Å². The SMILES string of the molecule is CC1(C)OC2(C)CCC1=CC2O. The zero-order chi connectivity index (χ0) is 8.98. The first-order valence-electron chi connectivity index (χ1n) is 4.53. The zero-order valence-corrected chi connectivity index (χ0v) is 7.92. The van der Waals surface area contributed by atoms with Crippen LogP contribution in [0.15, 0.2) is 11.6 Å². The number of ether oxygens (including phenoxy) is 1. The lowest BCUT2D eigenvalue weighted by Gasteiger charge is -2.51. The summed E-state index contributed by atoms with van der Waals surface area (Å²) in [6.45, 7) is 6.14. The molecular weight excluding hydrogens is 152 g/mol. The average Bonchev–Trinajstić information content (AvgIpc) is 1.91. The maximum atomic E-state index is 9.69. The largest absolute Gasteiger partial charge is 0.386 e. The predicted octanol–water partition coefficient (Wildman–Crippen LogP) is 1.64. The normalized spacial score (nSPS) is 44.3. The van der Waals surface area contributed by atoms with E-state index in [1.807, 2.05) is 13.0 Å². The molecule has 2 bridgehead atoms. The lowest BCUT2D eigenvalue weighted by atomic mass is 9.74. The molecule has 0 amide bonds.